The molecular weight excluding hydrogens is 727 g/mol. The molecule has 0 bridgehead atoms. The first-order chi connectivity index (χ1) is 25.9. The molecule has 0 radical (unpaired) electrons. The smallest absolute Gasteiger partial charge is 0.305 e. The number of rotatable bonds is 24. The highest BCUT2D eigenvalue weighted by Crippen LogP contribution is 2.42. The quantitative estimate of drug-likeness (QED) is 0.0346. The normalized spacial score (nSPS) is 15.2. The van der Waals surface area contributed by atoms with Crippen molar-refractivity contribution in [2.45, 2.75) is 168 Å². The number of nitrogens with two attached hydrogens (primary N) is 1. The third-order valence-electron chi connectivity index (χ3n) is 9.81. The molecule has 2 atom stereocenters. The number of carbonyl (C=O) groups is 3. The molecule has 5 N–H and O–H groups in total. The third kappa shape index (κ3) is 15.6. The summed E-state index contributed by atoms with van der Waals surface area (Å²) in [6.07, 6.45) is 6.51. The average molecular weight is 796 g/mol. The van der Waals surface area contributed by atoms with Gasteiger partial charge in [0.1, 0.15) is 17.4 Å². The zero-order valence-electron chi connectivity index (χ0n) is 35.0. The second kappa shape index (κ2) is 23.0. The van der Waals surface area contributed by atoms with Gasteiger partial charge in [-0.1, -0.05) is 33.1 Å². The van der Waals surface area contributed by atoms with Gasteiger partial charge in [-0.05, 0) is 122 Å². The van der Waals surface area contributed by atoms with Crippen molar-refractivity contribution in [3.8, 4) is 5.75 Å². The van der Waals surface area contributed by atoms with Crippen LogP contribution in [0.4, 0.5) is 0 Å². The number of carbonyl (C=O) groups excluding carboxylic acids is 3. The number of fused-ring (bicyclic) bond motifs is 1. The lowest BCUT2D eigenvalue weighted by Crippen LogP contribution is -2.54. The van der Waals surface area contributed by atoms with Crippen molar-refractivity contribution >= 4 is 33.8 Å². The van der Waals surface area contributed by atoms with Gasteiger partial charge >= 0.3 is 5.97 Å². The minimum Gasteiger partial charge on any atom is -0.487 e. The maximum atomic E-state index is 13.8. The summed E-state index contributed by atoms with van der Waals surface area (Å²) >= 11 is 0. The molecule has 0 aliphatic carbocycles. The van der Waals surface area contributed by atoms with Crippen LogP contribution in [0.2, 0.25) is 0 Å². The Labute approximate surface area is 329 Å². The summed E-state index contributed by atoms with van der Waals surface area (Å²) in [5, 5.41) is 5.97. The number of nitrogens with zero attached hydrogens (tertiary/aromatic N) is 1. The summed E-state index contributed by atoms with van der Waals surface area (Å²) in [6.45, 7) is 18.2. The van der Waals surface area contributed by atoms with Crippen LogP contribution in [0, 0.1) is 26.7 Å². The Balaban J connectivity index is 2.15. The van der Waals surface area contributed by atoms with E-state index in [2.05, 4.69) is 25.1 Å². The first-order valence-corrected chi connectivity index (χ1v) is 21.4. The van der Waals surface area contributed by atoms with E-state index in [0.29, 0.717) is 56.4 Å². The lowest BCUT2D eigenvalue weighted by molar-refractivity contribution is -0.161. The molecule has 0 saturated heterocycles. The van der Waals surface area contributed by atoms with E-state index < -0.39 is 28.4 Å². The standard InChI is InChI=1S/C40H69N5O9S/c1-11-52-38(53-12-2)32(25-26(3)4)44-37(48)31(43-33(46)20-16-14-13-15-17-21-34(47)51-10)19-18-24-42-39(41)45-55(49,50)36-28(6)27(5)35-30(29(36)7)22-23-40(8,9)54-35/h26,31-32,38H,11-25H2,1-10H3,(H,43,46)(H,44,48)(H3,41,42,45)/t31-,32-/m0/s1. The summed E-state index contributed by atoms with van der Waals surface area (Å²) in [5.74, 6) is -0.146. The van der Waals surface area contributed by atoms with Gasteiger partial charge < -0.3 is 35.3 Å². The predicted molar refractivity (Wildman–Crippen MR) is 214 cm³/mol. The molecule has 1 aromatic rings. The Morgan fingerprint density at radius 2 is 1.53 bits per heavy atom. The summed E-state index contributed by atoms with van der Waals surface area (Å²) < 4.78 is 52.4. The van der Waals surface area contributed by atoms with E-state index in [0.717, 1.165) is 49.0 Å². The van der Waals surface area contributed by atoms with E-state index in [1.807, 2.05) is 48.5 Å². The number of hydrogen-bond donors (Lipinski definition) is 4. The molecule has 1 heterocycles. The number of sulfonamides is 1. The van der Waals surface area contributed by atoms with Crippen LogP contribution in [0.25, 0.3) is 0 Å². The summed E-state index contributed by atoms with van der Waals surface area (Å²) in [5.41, 5.74) is 8.65. The van der Waals surface area contributed by atoms with E-state index in [1.165, 1.54) is 7.11 Å². The molecule has 0 fully saturated rings. The molecule has 2 amide bonds. The maximum Gasteiger partial charge on any atom is 0.305 e. The van der Waals surface area contributed by atoms with E-state index in [9.17, 15) is 22.8 Å². The minimum atomic E-state index is -4.08. The second-order valence-electron chi connectivity index (χ2n) is 15.4. The number of esters is 1. The van der Waals surface area contributed by atoms with Crippen molar-refractivity contribution in [1.29, 1.82) is 0 Å². The van der Waals surface area contributed by atoms with E-state index in [1.54, 1.807) is 13.8 Å². The second-order valence-corrected chi connectivity index (χ2v) is 17.0. The Kier molecular flexibility index (Phi) is 19.9. The molecule has 1 aliphatic rings. The molecule has 0 spiro atoms. The molecule has 0 unspecified atom stereocenters. The van der Waals surface area contributed by atoms with E-state index in [-0.39, 0.29) is 59.5 Å². The monoisotopic (exact) mass is 795 g/mol. The fourth-order valence-corrected chi connectivity index (χ4v) is 8.35. The predicted octanol–water partition coefficient (Wildman–Crippen LogP) is 5.41. The van der Waals surface area contributed by atoms with Gasteiger partial charge in [-0.3, -0.25) is 19.4 Å². The topological polar surface area (TPSA) is 197 Å². The van der Waals surface area contributed by atoms with Gasteiger partial charge in [-0.2, -0.15) is 0 Å². The number of guanidine groups is 1. The van der Waals surface area contributed by atoms with Crippen molar-refractivity contribution in [2.75, 3.05) is 26.9 Å². The molecule has 0 saturated carbocycles. The fraction of sp³-hybridized carbons (Fsp3) is 0.750. The van der Waals surface area contributed by atoms with Gasteiger partial charge in [0, 0.05) is 32.6 Å². The van der Waals surface area contributed by atoms with Crippen molar-refractivity contribution < 1.29 is 41.7 Å². The number of unbranched alkanes of at least 4 members (excludes halogenated alkanes) is 4. The molecule has 15 heteroatoms. The van der Waals surface area contributed by atoms with E-state index >= 15 is 0 Å². The van der Waals surface area contributed by atoms with Crippen LogP contribution < -0.4 is 25.8 Å². The maximum absolute atomic E-state index is 13.8. The fourth-order valence-electron chi connectivity index (χ4n) is 6.83. The van der Waals surface area contributed by atoms with Gasteiger partial charge in [0.2, 0.25) is 17.8 Å². The first-order valence-electron chi connectivity index (χ1n) is 19.9. The van der Waals surface area contributed by atoms with Gasteiger partial charge in [-0.15, -0.1) is 0 Å². The average Bonchev–Trinajstić information content (AvgIpc) is 3.10. The van der Waals surface area contributed by atoms with Crippen LogP contribution in [0.15, 0.2) is 9.89 Å². The van der Waals surface area contributed by atoms with Crippen molar-refractivity contribution in [1.82, 2.24) is 15.4 Å². The molecule has 1 aromatic carbocycles. The third-order valence-corrected chi connectivity index (χ3v) is 11.4. The minimum absolute atomic E-state index is 0.111. The molecular formula is C40H69N5O9S. The Hall–Kier alpha value is -3.43. The molecule has 314 valence electrons. The van der Waals surface area contributed by atoms with Crippen LogP contribution in [0.5, 0.6) is 5.75 Å². The van der Waals surface area contributed by atoms with Gasteiger partial charge in [0.15, 0.2) is 6.29 Å². The van der Waals surface area contributed by atoms with Gasteiger partial charge in [-0.25, -0.2) is 13.1 Å². The number of aliphatic imine (C=N–C) groups is 1. The SMILES string of the molecule is CCOC(OCC)[C@H](CC(C)C)NC(=O)[C@H](CCCN=C(N)NS(=O)(=O)c1c(C)c(C)c2c(c1C)CCC(C)(C)O2)NC(=O)CCCCCCCC(=O)OC. The van der Waals surface area contributed by atoms with Crippen molar-refractivity contribution in [2.24, 2.45) is 16.6 Å². The molecule has 55 heavy (non-hydrogen) atoms. The number of hydrogen-bond acceptors (Lipinski definition) is 10. The summed E-state index contributed by atoms with van der Waals surface area (Å²) in [6, 6.07) is -1.33. The van der Waals surface area contributed by atoms with Crippen LogP contribution in [0.3, 0.4) is 0 Å². The largest absolute Gasteiger partial charge is 0.487 e. The highest BCUT2D eigenvalue weighted by atomic mass is 32.2. The lowest BCUT2D eigenvalue weighted by Gasteiger charge is -2.35. The summed E-state index contributed by atoms with van der Waals surface area (Å²) in [7, 11) is -2.70. The number of ether oxygens (including phenoxy) is 4. The van der Waals surface area contributed by atoms with Crippen LogP contribution in [0.1, 0.15) is 134 Å². The van der Waals surface area contributed by atoms with Crippen molar-refractivity contribution in [3.05, 3.63) is 22.3 Å². The lowest BCUT2D eigenvalue weighted by atomic mass is 9.88. The van der Waals surface area contributed by atoms with Gasteiger partial charge in [0.05, 0.1) is 18.0 Å². The number of methoxy groups -OCH3 is 1. The molecule has 2 rings (SSSR count). The molecule has 14 nitrogen and oxygen atoms in total. The van der Waals surface area contributed by atoms with E-state index in [4.69, 9.17) is 19.9 Å². The Morgan fingerprint density at radius 1 is 0.909 bits per heavy atom. The number of amides is 2. The highest BCUT2D eigenvalue weighted by Gasteiger charge is 2.34. The zero-order chi connectivity index (χ0) is 41.3. The molecule has 1 aliphatic heterocycles. The molecule has 0 aromatic heterocycles. The summed E-state index contributed by atoms with van der Waals surface area (Å²) in [4.78, 5) is 42.6. The van der Waals surface area contributed by atoms with Crippen molar-refractivity contribution in [3.63, 3.8) is 0 Å². The van der Waals surface area contributed by atoms with Crippen LogP contribution in [-0.4, -0.2) is 83.0 Å². The van der Waals surface area contributed by atoms with Gasteiger partial charge in [0.25, 0.3) is 10.0 Å². The Morgan fingerprint density at radius 3 is 2.13 bits per heavy atom. The number of nitrogens with one attached hydrogen (secondary N) is 3. The number of benzene rings is 1. The van der Waals surface area contributed by atoms with Crippen LogP contribution >= 0.6 is 0 Å². The van der Waals surface area contributed by atoms with Crippen LogP contribution in [-0.2, 0) is 45.0 Å². The first kappa shape index (κ1) is 47.7. The highest BCUT2D eigenvalue weighted by molar-refractivity contribution is 7.90. The zero-order valence-corrected chi connectivity index (χ0v) is 35.8. The Bertz CT molecular complexity index is 1560.